The highest BCUT2D eigenvalue weighted by molar-refractivity contribution is 9.10. The molecule has 3 rings (SSSR count). The van der Waals surface area contributed by atoms with Crippen LogP contribution in [-0.4, -0.2) is 48.1 Å². The van der Waals surface area contributed by atoms with Gasteiger partial charge in [-0.05, 0) is 55.8 Å². The first-order valence-electron chi connectivity index (χ1n) is 9.63. The number of amides is 1. The zero-order valence-corrected chi connectivity index (χ0v) is 18.7. The lowest BCUT2D eigenvalue weighted by Gasteiger charge is -2.25. The van der Waals surface area contributed by atoms with Gasteiger partial charge in [-0.2, -0.15) is 0 Å². The fraction of sp³-hybridized carbons (Fsp3) is 0.304. The number of ketones is 1. The van der Waals surface area contributed by atoms with Crippen LogP contribution in [0.3, 0.4) is 0 Å². The van der Waals surface area contributed by atoms with E-state index in [2.05, 4.69) is 15.9 Å². The maximum absolute atomic E-state index is 12.9. The number of hydrogen-bond acceptors (Lipinski definition) is 5. The summed E-state index contributed by atoms with van der Waals surface area (Å²) in [7, 11) is 1.53. The molecule has 0 saturated carbocycles. The molecule has 2 aromatic carbocycles. The minimum atomic E-state index is -0.712. The van der Waals surface area contributed by atoms with Crippen LogP contribution in [-0.2, 0) is 14.3 Å². The predicted octanol–water partition coefficient (Wildman–Crippen LogP) is 4.30. The molecular formula is C23H24BrNO5. The molecule has 30 heavy (non-hydrogen) atoms. The van der Waals surface area contributed by atoms with E-state index < -0.39 is 17.7 Å². The van der Waals surface area contributed by atoms with Gasteiger partial charge < -0.3 is 19.5 Å². The van der Waals surface area contributed by atoms with Crippen molar-refractivity contribution in [2.45, 2.75) is 26.0 Å². The van der Waals surface area contributed by atoms with E-state index in [-0.39, 0.29) is 30.6 Å². The number of likely N-dealkylation sites (tertiary alicyclic amines) is 1. The van der Waals surface area contributed by atoms with Crippen molar-refractivity contribution in [3.8, 4) is 5.75 Å². The van der Waals surface area contributed by atoms with E-state index in [0.29, 0.717) is 11.3 Å². The van der Waals surface area contributed by atoms with Crippen molar-refractivity contribution in [3.63, 3.8) is 0 Å². The van der Waals surface area contributed by atoms with Crippen molar-refractivity contribution in [3.05, 3.63) is 69.7 Å². The zero-order valence-electron chi connectivity index (χ0n) is 17.1. The Morgan fingerprint density at radius 2 is 1.87 bits per heavy atom. The molecule has 0 radical (unpaired) electrons. The molecule has 158 valence electrons. The number of Topliss-reactive ketones (excluding diaryl/α,β-unsaturated/α-hetero) is 1. The molecule has 0 spiro atoms. The molecule has 0 aromatic heterocycles. The molecule has 0 unspecified atom stereocenters. The number of hydrogen-bond donors (Lipinski definition) is 1. The molecule has 6 nitrogen and oxygen atoms in total. The number of aliphatic hydroxyl groups excluding tert-OH is 1. The van der Waals surface area contributed by atoms with Crippen LogP contribution in [0.1, 0.15) is 31.0 Å². The summed E-state index contributed by atoms with van der Waals surface area (Å²) >= 11 is 3.44. The summed E-state index contributed by atoms with van der Waals surface area (Å²) < 4.78 is 11.6. The third-order valence-corrected chi connectivity index (χ3v) is 5.23. The minimum Gasteiger partial charge on any atom is -0.507 e. The van der Waals surface area contributed by atoms with Gasteiger partial charge in [-0.25, -0.2) is 0 Å². The molecular weight excluding hydrogens is 450 g/mol. The summed E-state index contributed by atoms with van der Waals surface area (Å²) in [6, 6.07) is 13.4. The van der Waals surface area contributed by atoms with E-state index in [4.69, 9.17) is 9.47 Å². The predicted molar refractivity (Wildman–Crippen MR) is 117 cm³/mol. The van der Waals surface area contributed by atoms with Crippen molar-refractivity contribution >= 4 is 33.4 Å². The fourth-order valence-electron chi connectivity index (χ4n) is 3.44. The maximum atomic E-state index is 12.9. The lowest BCUT2D eigenvalue weighted by atomic mass is 9.95. The van der Waals surface area contributed by atoms with Crippen LogP contribution >= 0.6 is 15.9 Å². The van der Waals surface area contributed by atoms with Crippen LogP contribution in [0.5, 0.6) is 5.75 Å². The monoisotopic (exact) mass is 473 g/mol. The maximum Gasteiger partial charge on any atom is 0.295 e. The summed E-state index contributed by atoms with van der Waals surface area (Å²) in [5.74, 6) is -0.922. The number of carbonyl (C=O) groups excluding carboxylic acids is 2. The molecule has 7 heteroatoms. The van der Waals surface area contributed by atoms with E-state index in [0.717, 1.165) is 10.0 Å². The van der Waals surface area contributed by atoms with Crippen molar-refractivity contribution in [2.75, 3.05) is 20.3 Å². The Morgan fingerprint density at radius 3 is 2.47 bits per heavy atom. The Hall–Kier alpha value is -2.64. The van der Waals surface area contributed by atoms with Crippen molar-refractivity contribution in [1.29, 1.82) is 0 Å². The van der Waals surface area contributed by atoms with E-state index in [1.54, 1.807) is 24.3 Å². The molecule has 0 aliphatic carbocycles. The zero-order chi connectivity index (χ0) is 21.8. The first kappa shape index (κ1) is 22.1. The SMILES string of the molecule is COCCN1C(=O)C(=O)C(=C(O)c2ccc(OC(C)C)cc2)[C@H]1c1cccc(Br)c1. The van der Waals surface area contributed by atoms with E-state index >= 15 is 0 Å². The Kier molecular flexibility index (Phi) is 6.95. The lowest BCUT2D eigenvalue weighted by molar-refractivity contribution is -0.140. The summed E-state index contributed by atoms with van der Waals surface area (Å²) in [5.41, 5.74) is 1.23. The van der Waals surface area contributed by atoms with Gasteiger partial charge in [0.15, 0.2) is 0 Å². The van der Waals surface area contributed by atoms with Gasteiger partial charge in [0, 0.05) is 23.7 Å². The molecule has 1 atom stereocenters. The number of benzene rings is 2. The molecule has 1 N–H and O–H groups in total. The summed E-state index contributed by atoms with van der Waals surface area (Å²) in [4.78, 5) is 27.1. The molecule has 1 heterocycles. The van der Waals surface area contributed by atoms with Gasteiger partial charge in [-0.1, -0.05) is 28.1 Å². The minimum absolute atomic E-state index is 0.0204. The van der Waals surface area contributed by atoms with Crippen molar-refractivity contribution in [1.82, 2.24) is 4.90 Å². The average Bonchev–Trinajstić information content (AvgIpc) is 2.96. The molecule has 1 fully saturated rings. The average molecular weight is 474 g/mol. The Morgan fingerprint density at radius 1 is 1.17 bits per heavy atom. The van der Waals surface area contributed by atoms with Gasteiger partial charge in [0.05, 0.1) is 24.3 Å². The molecule has 1 aliphatic heterocycles. The van der Waals surface area contributed by atoms with Crippen LogP contribution in [0.4, 0.5) is 0 Å². The van der Waals surface area contributed by atoms with Crippen LogP contribution in [0, 0.1) is 0 Å². The van der Waals surface area contributed by atoms with Crippen molar-refractivity contribution in [2.24, 2.45) is 0 Å². The third kappa shape index (κ3) is 4.57. The summed E-state index contributed by atoms with van der Waals surface area (Å²) in [5, 5.41) is 11.0. The topological polar surface area (TPSA) is 76.1 Å². The second-order valence-corrected chi connectivity index (χ2v) is 8.15. The lowest BCUT2D eigenvalue weighted by Crippen LogP contribution is -2.32. The Bertz CT molecular complexity index is 968. The van der Waals surface area contributed by atoms with E-state index in [9.17, 15) is 14.7 Å². The van der Waals surface area contributed by atoms with Crippen LogP contribution in [0.25, 0.3) is 5.76 Å². The standard InChI is InChI=1S/C23H24BrNO5/c1-14(2)30-18-9-7-15(8-10-18)21(26)19-20(16-5-4-6-17(24)13-16)25(11-12-29-3)23(28)22(19)27/h4-10,13-14,20,26H,11-12H2,1-3H3/t20-/m1/s1. The van der Waals surface area contributed by atoms with Crippen LogP contribution < -0.4 is 4.74 Å². The second-order valence-electron chi connectivity index (χ2n) is 7.23. The third-order valence-electron chi connectivity index (χ3n) is 4.74. The van der Waals surface area contributed by atoms with E-state index in [1.165, 1.54) is 12.0 Å². The Labute approximate surface area is 184 Å². The summed E-state index contributed by atoms with van der Waals surface area (Å²) in [6.45, 7) is 4.36. The fourth-order valence-corrected chi connectivity index (χ4v) is 3.86. The van der Waals surface area contributed by atoms with Gasteiger partial charge >= 0.3 is 0 Å². The largest absolute Gasteiger partial charge is 0.507 e. The molecule has 1 amide bonds. The first-order chi connectivity index (χ1) is 14.3. The number of carbonyl (C=O) groups is 2. The molecule has 0 bridgehead atoms. The normalized spacial score (nSPS) is 18.3. The number of aliphatic hydroxyl groups is 1. The highest BCUT2D eigenvalue weighted by Crippen LogP contribution is 2.40. The number of ether oxygens (including phenoxy) is 2. The number of rotatable bonds is 7. The molecule has 2 aromatic rings. The highest BCUT2D eigenvalue weighted by Gasteiger charge is 2.45. The van der Waals surface area contributed by atoms with Crippen LogP contribution in [0.15, 0.2) is 58.6 Å². The molecule has 1 aliphatic rings. The van der Waals surface area contributed by atoms with Crippen molar-refractivity contribution < 1.29 is 24.2 Å². The van der Waals surface area contributed by atoms with Gasteiger partial charge in [0.1, 0.15) is 11.5 Å². The van der Waals surface area contributed by atoms with E-state index in [1.807, 2.05) is 38.1 Å². The van der Waals surface area contributed by atoms with Gasteiger partial charge in [0.2, 0.25) is 0 Å². The second kappa shape index (κ2) is 9.45. The summed E-state index contributed by atoms with van der Waals surface area (Å²) in [6.07, 6.45) is 0.0204. The smallest absolute Gasteiger partial charge is 0.295 e. The quantitative estimate of drug-likeness (QED) is 0.368. The number of methoxy groups -OCH3 is 1. The number of nitrogens with zero attached hydrogens (tertiary/aromatic N) is 1. The van der Waals surface area contributed by atoms with Gasteiger partial charge in [-0.3, -0.25) is 9.59 Å². The van der Waals surface area contributed by atoms with Crippen LogP contribution in [0.2, 0.25) is 0 Å². The number of halogens is 1. The van der Waals surface area contributed by atoms with Gasteiger partial charge in [0.25, 0.3) is 11.7 Å². The highest BCUT2D eigenvalue weighted by atomic mass is 79.9. The Balaban J connectivity index is 2.08. The first-order valence-corrected chi connectivity index (χ1v) is 10.4. The van der Waals surface area contributed by atoms with Gasteiger partial charge in [-0.15, -0.1) is 0 Å². The molecule has 1 saturated heterocycles.